The second kappa shape index (κ2) is 5.54. The Balaban J connectivity index is 3.18. The molecular formula is C12H18N2O3. The molecule has 1 aromatic carbocycles. The van der Waals surface area contributed by atoms with Gasteiger partial charge in [-0.25, -0.2) is 0 Å². The normalized spacial score (nSPS) is 12.0. The summed E-state index contributed by atoms with van der Waals surface area (Å²) in [7, 11) is 3.28. The Kier molecular flexibility index (Phi) is 4.34. The van der Waals surface area contributed by atoms with E-state index in [1.807, 2.05) is 6.07 Å². The number of carbonyl (C=O) groups excluding carboxylic acids is 1. The first kappa shape index (κ1) is 13.3. The summed E-state index contributed by atoms with van der Waals surface area (Å²) in [6.07, 6.45) is -0.684. The van der Waals surface area contributed by atoms with Crippen molar-refractivity contribution in [3.8, 4) is 5.75 Å². The van der Waals surface area contributed by atoms with E-state index in [4.69, 9.17) is 10.5 Å². The summed E-state index contributed by atoms with van der Waals surface area (Å²) in [6, 6.07) is 5.38. The molecule has 0 heterocycles. The highest BCUT2D eigenvalue weighted by Gasteiger charge is 2.17. The van der Waals surface area contributed by atoms with Gasteiger partial charge in [0.2, 0.25) is 5.91 Å². The molecule has 1 atom stereocenters. The zero-order valence-electron chi connectivity index (χ0n) is 10.3. The Morgan fingerprint density at radius 2 is 2.24 bits per heavy atom. The van der Waals surface area contributed by atoms with Crippen molar-refractivity contribution in [2.75, 3.05) is 25.6 Å². The number of benzene rings is 1. The lowest BCUT2D eigenvalue weighted by Crippen LogP contribution is -2.31. The van der Waals surface area contributed by atoms with Gasteiger partial charge in [-0.2, -0.15) is 0 Å². The van der Waals surface area contributed by atoms with E-state index in [2.05, 4.69) is 0 Å². The molecule has 5 heteroatoms. The molecule has 0 saturated heterocycles. The number of primary amides is 1. The highest BCUT2D eigenvalue weighted by Crippen LogP contribution is 2.33. The lowest BCUT2D eigenvalue weighted by molar-refractivity contribution is -0.116. The second-order valence-corrected chi connectivity index (χ2v) is 3.89. The lowest BCUT2D eigenvalue weighted by atomic mass is 10.1. The number of carbonyl (C=O) groups is 1. The van der Waals surface area contributed by atoms with Gasteiger partial charge in [0, 0.05) is 18.3 Å². The molecule has 0 aliphatic heterocycles. The maximum Gasteiger partial charge on any atom is 0.236 e. The van der Waals surface area contributed by atoms with Crippen LogP contribution in [0.1, 0.15) is 18.6 Å². The summed E-state index contributed by atoms with van der Waals surface area (Å²) < 4.78 is 5.20. The maximum absolute atomic E-state index is 10.9. The zero-order chi connectivity index (χ0) is 13.0. The van der Waals surface area contributed by atoms with Crippen LogP contribution in [0.5, 0.6) is 5.75 Å². The molecule has 17 heavy (non-hydrogen) atoms. The topological polar surface area (TPSA) is 75.8 Å². The number of aliphatic hydroxyl groups excluding tert-OH is 1. The first-order chi connectivity index (χ1) is 7.97. The average Bonchev–Trinajstić information content (AvgIpc) is 2.26. The van der Waals surface area contributed by atoms with Gasteiger partial charge >= 0.3 is 0 Å². The number of aliphatic hydroxyl groups is 1. The number of methoxy groups -OCH3 is 1. The van der Waals surface area contributed by atoms with Crippen LogP contribution in [0, 0.1) is 0 Å². The Labute approximate surface area is 101 Å². The van der Waals surface area contributed by atoms with Crippen molar-refractivity contribution < 1.29 is 14.6 Å². The predicted octanol–water partition coefficient (Wildman–Crippen LogP) is 0.670. The molecule has 5 nitrogen and oxygen atoms in total. The summed E-state index contributed by atoms with van der Waals surface area (Å²) in [6.45, 7) is 1.74. The van der Waals surface area contributed by atoms with Gasteiger partial charge in [-0.1, -0.05) is 6.07 Å². The van der Waals surface area contributed by atoms with Crippen LogP contribution in [0.3, 0.4) is 0 Å². The predicted molar refractivity (Wildman–Crippen MR) is 66.1 cm³/mol. The molecule has 0 fully saturated rings. The molecule has 0 aromatic heterocycles. The number of hydrogen-bond acceptors (Lipinski definition) is 4. The van der Waals surface area contributed by atoms with Crippen LogP contribution in [0.25, 0.3) is 0 Å². The van der Waals surface area contributed by atoms with Crippen LogP contribution < -0.4 is 15.4 Å². The highest BCUT2D eigenvalue weighted by atomic mass is 16.5. The van der Waals surface area contributed by atoms with Crippen LogP contribution in [-0.2, 0) is 4.79 Å². The summed E-state index contributed by atoms with van der Waals surface area (Å²) in [5.74, 6) is 0.167. The van der Waals surface area contributed by atoms with Gasteiger partial charge in [-0.05, 0) is 19.1 Å². The Morgan fingerprint density at radius 1 is 1.59 bits per heavy atom. The van der Waals surface area contributed by atoms with Gasteiger partial charge in [-0.3, -0.25) is 4.79 Å². The molecule has 0 aliphatic carbocycles. The number of anilines is 1. The van der Waals surface area contributed by atoms with Crippen molar-refractivity contribution in [2.24, 2.45) is 5.73 Å². The number of ether oxygens (including phenoxy) is 1. The monoisotopic (exact) mass is 238 g/mol. The molecule has 0 saturated carbocycles. The molecule has 1 aromatic rings. The third kappa shape index (κ3) is 3.10. The molecular weight excluding hydrogens is 220 g/mol. The minimum absolute atomic E-state index is 0.0902. The van der Waals surface area contributed by atoms with Crippen molar-refractivity contribution in [2.45, 2.75) is 13.0 Å². The van der Waals surface area contributed by atoms with Gasteiger partial charge in [-0.15, -0.1) is 0 Å². The number of amides is 1. The molecule has 0 aliphatic rings. The van der Waals surface area contributed by atoms with Crippen LogP contribution >= 0.6 is 0 Å². The molecule has 1 rings (SSSR count). The first-order valence-corrected chi connectivity index (χ1v) is 5.31. The molecule has 0 spiro atoms. The van der Waals surface area contributed by atoms with E-state index >= 15 is 0 Å². The number of rotatable bonds is 5. The van der Waals surface area contributed by atoms with E-state index in [1.165, 1.54) is 0 Å². The number of likely N-dealkylation sites (N-methyl/N-ethyl adjacent to an activating group) is 1. The van der Waals surface area contributed by atoms with E-state index in [-0.39, 0.29) is 6.54 Å². The van der Waals surface area contributed by atoms with Crippen molar-refractivity contribution in [1.82, 2.24) is 0 Å². The van der Waals surface area contributed by atoms with Gasteiger partial charge < -0.3 is 20.5 Å². The van der Waals surface area contributed by atoms with Crippen molar-refractivity contribution in [1.29, 1.82) is 0 Å². The number of hydrogen-bond donors (Lipinski definition) is 2. The SMILES string of the molecule is COc1cccc(N(C)CC(N)=O)c1C(C)O. The molecule has 94 valence electrons. The number of nitrogens with two attached hydrogens (primary N) is 1. The van der Waals surface area contributed by atoms with Gasteiger partial charge in [0.25, 0.3) is 0 Å². The number of nitrogens with zero attached hydrogens (tertiary/aromatic N) is 1. The molecule has 0 radical (unpaired) electrons. The Morgan fingerprint density at radius 3 is 2.71 bits per heavy atom. The minimum atomic E-state index is -0.684. The van der Waals surface area contributed by atoms with Crippen molar-refractivity contribution >= 4 is 11.6 Å². The third-order valence-electron chi connectivity index (χ3n) is 2.49. The largest absolute Gasteiger partial charge is 0.496 e. The molecule has 1 unspecified atom stereocenters. The third-order valence-corrected chi connectivity index (χ3v) is 2.49. The Bertz CT molecular complexity index is 405. The lowest BCUT2D eigenvalue weighted by Gasteiger charge is -2.23. The average molecular weight is 238 g/mol. The maximum atomic E-state index is 10.9. The Hall–Kier alpha value is -1.75. The van der Waals surface area contributed by atoms with Crippen LogP contribution in [0.2, 0.25) is 0 Å². The summed E-state index contributed by atoms with van der Waals surface area (Å²) in [5, 5.41) is 9.78. The molecule has 0 bridgehead atoms. The van der Waals surface area contributed by atoms with E-state index in [1.54, 1.807) is 38.1 Å². The molecule has 3 N–H and O–H groups in total. The standard InChI is InChI=1S/C12H18N2O3/c1-8(15)12-9(14(2)7-11(13)16)5-4-6-10(12)17-3/h4-6,8,15H,7H2,1-3H3,(H2,13,16). The smallest absolute Gasteiger partial charge is 0.236 e. The quantitative estimate of drug-likeness (QED) is 0.790. The van der Waals surface area contributed by atoms with Gasteiger partial charge in [0.1, 0.15) is 5.75 Å². The van der Waals surface area contributed by atoms with Crippen LogP contribution in [0.15, 0.2) is 18.2 Å². The summed E-state index contributed by atoms with van der Waals surface area (Å²) in [5.41, 5.74) is 6.54. The van der Waals surface area contributed by atoms with Crippen molar-refractivity contribution in [3.05, 3.63) is 23.8 Å². The fourth-order valence-electron chi connectivity index (χ4n) is 1.78. The van der Waals surface area contributed by atoms with E-state index in [0.717, 1.165) is 5.69 Å². The fraction of sp³-hybridized carbons (Fsp3) is 0.417. The van der Waals surface area contributed by atoms with Gasteiger partial charge in [0.15, 0.2) is 0 Å². The highest BCUT2D eigenvalue weighted by molar-refractivity contribution is 5.80. The first-order valence-electron chi connectivity index (χ1n) is 5.31. The van der Waals surface area contributed by atoms with Crippen molar-refractivity contribution in [3.63, 3.8) is 0 Å². The fourth-order valence-corrected chi connectivity index (χ4v) is 1.78. The van der Waals surface area contributed by atoms with Gasteiger partial charge in [0.05, 0.1) is 19.8 Å². The van der Waals surface area contributed by atoms with E-state index in [0.29, 0.717) is 11.3 Å². The minimum Gasteiger partial charge on any atom is -0.496 e. The van der Waals surface area contributed by atoms with E-state index < -0.39 is 12.0 Å². The van der Waals surface area contributed by atoms with Crippen LogP contribution in [-0.4, -0.2) is 31.7 Å². The van der Waals surface area contributed by atoms with Crippen LogP contribution in [0.4, 0.5) is 5.69 Å². The van der Waals surface area contributed by atoms with E-state index in [9.17, 15) is 9.90 Å². The summed E-state index contributed by atoms with van der Waals surface area (Å²) >= 11 is 0. The second-order valence-electron chi connectivity index (χ2n) is 3.89. The zero-order valence-corrected chi connectivity index (χ0v) is 10.3. The molecule has 1 amide bonds. The summed E-state index contributed by atoms with van der Waals surface area (Å²) in [4.78, 5) is 12.6.